The van der Waals surface area contributed by atoms with Crippen LogP contribution in [0.25, 0.3) is 0 Å². The highest BCUT2D eigenvalue weighted by Gasteiger charge is 2.66. The van der Waals surface area contributed by atoms with Crippen molar-refractivity contribution < 1.29 is 19.0 Å². The Balaban J connectivity index is 0.000000205. The van der Waals surface area contributed by atoms with Gasteiger partial charge >= 0.3 is 0 Å². The van der Waals surface area contributed by atoms with Gasteiger partial charge < -0.3 is 19.5 Å². The monoisotopic (exact) mass is 608 g/mol. The molecule has 0 spiro atoms. The molecule has 0 saturated carbocycles. The molecule has 1 N–H and O–H groups in total. The number of piperidine rings is 1. The molecule has 0 bridgehead atoms. The number of epoxide rings is 1. The second kappa shape index (κ2) is 14.6. The van der Waals surface area contributed by atoms with E-state index in [9.17, 15) is 4.79 Å². The van der Waals surface area contributed by atoms with Crippen molar-refractivity contribution in [2.45, 2.75) is 116 Å². The molecule has 3 saturated heterocycles. The first-order chi connectivity index (χ1) is 20.5. The van der Waals surface area contributed by atoms with Crippen LogP contribution in [0.1, 0.15) is 116 Å². The highest BCUT2D eigenvalue weighted by Crippen LogP contribution is 2.55. The molecule has 3 fully saturated rings. The number of hydrogen-bond acceptors (Lipinski definition) is 6. The number of nitrogens with zero attached hydrogens (tertiary/aromatic N) is 1. The SMILES string of the molecule is C1COCCN1.CC(C)(C)c1ccc(C(=O)C(C)(C)N2CCCCC2)cc1.COC1(c2ccc(C(C)(C)C)cc2)OC1(C)C. The molecule has 6 heteroatoms. The number of hydrogen-bond donors (Lipinski definition) is 1. The summed E-state index contributed by atoms with van der Waals surface area (Å²) in [4.78, 5) is 15.2. The van der Waals surface area contributed by atoms with Crippen molar-refractivity contribution in [1.29, 1.82) is 0 Å². The Morgan fingerprint density at radius 2 is 1.23 bits per heavy atom. The highest BCUT2D eigenvalue weighted by atomic mass is 16.8. The first-order valence-electron chi connectivity index (χ1n) is 16.5. The second-order valence-corrected chi connectivity index (χ2v) is 15.4. The minimum absolute atomic E-state index is 0.129. The van der Waals surface area contributed by atoms with Gasteiger partial charge in [-0.2, -0.15) is 0 Å². The summed E-state index contributed by atoms with van der Waals surface area (Å²) < 4.78 is 16.3. The lowest BCUT2D eigenvalue weighted by Gasteiger charge is -2.39. The van der Waals surface area contributed by atoms with Gasteiger partial charge in [0.05, 0.1) is 18.8 Å². The molecule has 44 heavy (non-hydrogen) atoms. The van der Waals surface area contributed by atoms with Crippen LogP contribution in [0, 0.1) is 0 Å². The molecule has 6 nitrogen and oxygen atoms in total. The average molecular weight is 609 g/mol. The number of ether oxygens (including phenoxy) is 3. The van der Waals surface area contributed by atoms with Crippen LogP contribution in [0.3, 0.4) is 0 Å². The van der Waals surface area contributed by atoms with Crippen molar-refractivity contribution in [1.82, 2.24) is 10.2 Å². The van der Waals surface area contributed by atoms with E-state index in [1.165, 1.54) is 30.4 Å². The molecule has 0 amide bonds. The number of nitrogens with one attached hydrogen (secondary N) is 1. The smallest absolute Gasteiger partial charge is 0.225 e. The van der Waals surface area contributed by atoms with Gasteiger partial charge in [0.15, 0.2) is 5.78 Å². The number of ketones is 1. The predicted octanol–water partition coefficient (Wildman–Crippen LogP) is 7.63. The number of carbonyl (C=O) groups excluding carboxylic acids is 1. The molecule has 1 unspecified atom stereocenters. The summed E-state index contributed by atoms with van der Waals surface area (Å²) in [5, 5.41) is 3.16. The van der Waals surface area contributed by atoms with E-state index >= 15 is 0 Å². The molecule has 3 aliphatic heterocycles. The van der Waals surface area contributed by atoms with E-state index in [1.807, 2.05) is 26.0 Å². The van der Waals surface area contributed by atoms with Crippen molar-refractivity contribution in [3.63, 3.8) is 0 Å². The topological polar surface area (TPSA) is 63.3 Å². The molecule has 1 atom stereocenters. The van der Waals surface area contributed by atoms with Gasteiger partial charge in [-0.3, -0.25) is 9.69 Å². The molecule has 2 aromatic rings. The van der Waals surface area contributed by atoms with Gasteiger partial charge in [-0.1, -0.05) is 96.5 Å². The van der Waals surface area contributed by atoms with E-state index in [0.29, 0.717) is 0 Å². The van der Waals surface area contributed by atoms with Gasteiger partial charge in [-0.25, -0.2) is 0 Å². The summed E-state index contributed by atoms with van der Waals surface area (Å²) in [5.41, 5.74) is 4.20. The summed E-state index contributed by atoms with van der Waals surface area (Å²) >= 11 is 0. The summed E-state index contributed by atoms with van der Waals surface area (Å²) in [5.74, 6) is -0.312. The molecule has 3 aliphatic rings. The third kappa shape index (κ3) is 9.01. The van der Waals surface area contributed by atoms with E-state index in [4.69, 9.17) is 14.2 Å². The number of Topliss-reactive ketones (excluding diaryl/α,β-unsaturated/α-hetero) is 1. The number of benzene rings is 2. The van der Waals surface area contributed by atoms with Crippen molar-refractivity contribution in [3.8, 4) is 0 Å². The zero-order valence-electron chi connectivity index (χ0n) is 29.6. The van der Waals surface area contributed by atoms with Crippen molar-refractivity contribution in [2.75, 3.05) is 46.5 Å². The lowest BCUT2D eigenvalue weighted by Crippen LogP contribution is -2.52. The van der Waals surface area contributed by atoms with Crippen LogP contribution in [-0.4, -0.2) is 68.3 Å². The maximum atomic E-state index is 12.9. The van der Waals surface area contributed by atoms with Crippen LogP contribution in [0.15, 0.2) is 48.5 Å². The maximum Gasteiger partial charge on any atom is 0.225 e. The van der Waals surface area contributed by atoms with Gasteiger partial charge in [-0.05, 0) is 75.6 Å². The Kier molecular flexibility index (Phi) is 12.0. The summed E-state index contributed by atoms with van der Waals surface area (Å²) in [7, 11) is 1.70. The Labute approximate surface area is 268 Å². The first-order valence-corrected chi connectivity index (χ1v) is 16.5. The number of likely N-dealkylation sites (tertiary alicyclic amines) is 1. The quantitative estimate of drug-likeness (QED) is 0.278. The van der Waals surface area contributed by atoms with Crippen LogP contribution in [0.4, 0.5) is 0 Å². The second-order valence-electron chi connectivity index (χ2n) is 15.4. The molecule has 246 valence electrons. The zero-order chi connectivity index (χ0) is 32.8. The first kappa shape index (κ1) is 36.4. The molecule has 5 rings (SSSR count). The fraction of sp³-hybridized carbons (Fsp3) is 0.658. The lowest BCUT2D eigenvalue weighted by atomic mass is 9.84. The van der Waals surface area contributed by atoms with Crippen molar-refractivity contribution in [2.24, 2.45) is 0 Å². The molecule has 0 aliphatic carbocycles. The van der Waals surface area contributed by atoms with Gasteiger partial charge in [0, 0.05) is 31.3 Å². The van der Waals surface area contributed by atoms with Crippen LogP contribution in [0.5, 0.6) is 0 Å². The Morgan fingerprint density at radius 1 is 0.773 bits per heavy atom. The largest absolute Gasteiger partial charge is 0.379 e. The van der Waals surface area contributed by atoms with Gasteiger partial charge in [0.1, 0.15) is 5.60 Å². The van der Waals surface area contributed by atoms with E-state index in [-0.39, 0.29) is 22.2 Å². The van der Waals surface area contributed by atoms with E-state index in [2.05, 4.69) is 102 Å². The van der Waals surface area contributed by atoms with Crippen LogP contribution in [-0.2, 0) is 30.8 Å². The Bertz CT molecular complexity index is 1170. The Morgan fingerprint density at radius 3 is 1.57 bits per heavy atom. The summed E-state index contributed by atoms with van der Waals surface area (Å²) in [6.07, 6.45) is 3.71. The lowest BCUT2D eigenvalue weighted by molar-refractivity contribution is -0.0147. The van der Waals surface area contributed by atoms with Gasteiger partial charge in [-0.15, -0.1) is 0 Å². The van der Waals surface area contributed by atoms with Crippen molar-refractivity contribution in [3.05, 3.63) is 70.8 Å². The minimum atomic E-state index is -0.552. The zero-order valence-corrected chi connectivity index (χ0v) is 29.6. The van der Waals surface area contributed by atoms with Crippen LogP contribution >= 0.6 is 0 Å². The van der Waals surface area contributed by atoms with E-state index in [0.717, 1.165) is 50.5 Å². The number of rotatable bonds is 5. The third-order valence-electron chi connectivity index (χ3n) is 9.13. The number of methoxy groups -OCH3 is 1. The molecule has 0 aromatic heterocycles. The fourth-order valence-corrected chi connectivity index (χ4v) is 5.92. The minimum Gasteiger partial charge on any atom is -0.379 e. The van der Waals surface area contributed by atoms with Crippen LogP contribution in [0.2, 0.25) is 0 Å². The van der Waals surface area contributed by atoms with Crippen molar-refractivity contribution >= 4 is 5.78 Å². The maximum absolute atomic E-state index is 12.9. The third-order valence-corrected chi connectivity index (χ3v) is 9.13. The van der Waals surface area contributed by atoms with Gasteiger partial charge in [0.2, 0.25) is 5.79 Å². The van der Waals surface area contributed by atoms with E-state index < -0.39 is 11.3 Å². The van der Waals surface area contributed by atoms with Crippen LogP contribution < -0.4 is 5.32 Å². The highest BCUT2D eigenvalue weighted by molar-refractivity contribution is 6.02. The summed E-state index contributed by atoms with van der Waals surface area (Å²) in [6, 6.07) is 16.7. The summed E-state index contributed by atoms with van der Waals surface area (Å²) in [6.45, 7) is 27.4. The number of morpholine rings is 1. The standard InChI is InChI=1S/C19H29NO.C15H22O2.C4H9NO/c1-18(2,3)16-11-9-15(10-12-16)17(21)19(4,5)20-13-7-6-8-14-20;1-13(2,3)11-7-9-12(10-8-11)15(16-6)14(4,5)17-15;1-3-6-4-2-5-1/h9-12H,6-8,13-14H2,1-5H3;7-10H,1-6H3;5H,1-4H2. The molecular formula is C38H60N2O4. The molecule has 3 heterocycles. The molecule has 2 aromatic carbocycles. The number of carbonyl (C=O) groups is 1. The van der Waals surface area contributed by atoms with E-state index in [1.54, 1.807) is 7.11 Å². The Hall–Kier alpha value is -2.09. The molecule has 0 radical (unpaired) electrons. The average Bonchev–Trinajstić information content (AvgIpc) is 3.59. The normalized spacial score (nSPS) is 22.2. The molecular weight excluding hydrogens is 548 g/mol. The predicted molar refractivity (Wildman–Crippen MR) is 182 cm³/mol. The van der Waals surface area contributed by atoms with Gasteiger partial charge in [0.25, 0.3) is 0 Å². The fourth-order valence-electron chi connectivity index (χ4n) is 5.92.